The average Bonchev–Trinajstić information content (AvgIpc) is 3.21. The summed E-state index contributed by atoms with van der Waals surface area (Å²) in [5.41, 5.74) is 4.75. The molecule has 3 aromatic rings. The monoisotopic (exact) mass is 511 g/mol. The molecule has 194 valence electrons. The third-order valence-corrected chi connectivity index (χ3v) is 7.30. The lowest BCUT2D eigenvalue weighted by Crippen LogP contribution is -2.29. The largest absolute Gasteiger partial charge is 0.507 e. The Labute approximate surface area is 221 Å². The molecule has 0 aromatic heterocycles. The molecule has 0 spiro atoms. The number of esters is 1. The Hall–Kier alpha value is -4.39. The lowest BCUT2D eigenvalue weighted by molar-refractivity contribution is -0.140. The molecular weight excluding hydrogens is 482 g/mol. The number of aryl methyl sites for hydroxylation is 2. The summed E-state index contributed by atoms with van der Waals surface area (Å²) in [6.07, 6.45) is 4.14. The van der Waals surface area contributed by atoms with Gasteiger partial charge in [-0.25, -0.2) is 4.79 Å². The summed E-state index contributed by atoms with van der Waals surface area (Å²) in [6, 6.07) is 18.8. The molecule has 7 nitrogen and oxygen atoms in total. The number of ether oxygens (including phenoxy) is 2. The van der Waals surface area contributed by atoms with Gasteiger partial charge in [0.1, 0.15) is 11.5 Å². The van der Waals surface area contributed by atoms with E-state index in [0.717, 1.165) is 36.8 Å². The minimum Gasteiger partial charge on any atom is -0.507 e. The quantitative estimate of drug-likeness (QED) is 0.217. The second kappa shape index (κ2) is 10.5. The molecule has 1 N–H and O–H groups in total. The molecule has 3 aromatic carbocycles. The van der Waals surface area contributed by atoms with Gasteiger partial charge in [0, 0.05) is 12.1 Å². The summed E-state index contributed by atoms with van der Waals surface area (Å²) in [4.78, 5) is 40.1. The van der Waals surface area contributed by atoms with Gasteiger partial charge >= 0.3 is 5.97 Å². The van der Waals surface area contributed by atoms with Crippen molar-refractivity contribution < 1.29 is 29.0 Å². The number of nitrogens with zero attached hydrogens (tertiary/aromatic N) is 1. The van der Waals surface area contributed by atoms with E-state index in [0.29, 0.717) is 22.4 Å². The van der Waals surface area contributed by atoms with E-state index in [1.54, 1.807) is 49.6 Å². The van der Waals surface area contributed by atoms with Crippen molar-refractivity contribution in [3.8, 4) is 5.75 Å². The number of Topliss-reactive ketones (excluding diaryl/α,β-unsaturated/α-hetero) is 1. The summed E-state index contributed by atoms with van der Waals surface area (Å²) in [5.74, 6) is -1.51. The van der Waals surface area contributed by atoms with Gasteiger partial charge in [0.2, 0.25) is 0 Å². The summed E-state index contributed by atoms with van der Waals surface area (Å²) in [5, 5.41) is 11.5. The summed E-state index contributed by atoms with van der Waals surface area (Å²) in [7, 11) is 2.86. The lowest BCUT2D eigenvalue weighted by atomic mass is 9.88. The van der Waals surface area contributed by atoms with Gasteiger partial charge in [-0.15, -0.1) is 0 Å². The van der Waals surface area contributed by atoms with E-state index in [9.17, 15) is 19.5 Å². The highest BCUT2D eigenvalue weighted by Crippen LogP contribution is 2.41. The van der Waals surface area contributed by atoms with Crippen molar-refractivity contribution in [3.05, 3.63) is 106 Å². The Kier molecular flexibility index (Phi) is 7.01. The standard InChI is InChI=1S/C31H29NO6/c1-37-25-9-5-8-23(17-25)27-26(28(33)24-15-14-20-6-3-4-7-22(20)16-24)29(34)30(35)32(27)18-19-10-12-21(13-11-19)31(36)38-2/h5,8-17,27,33H,3-4,6-7,18H2,1-2H3/b28-26-. The van der Waals surface area contributed by atoms with Crippen molar-refractivity contribution in [2.24, 2.45) is 0 Å². The first kappa shape index (κ1) is 25.3. The highest BCUT2D eigenvalue weighted by molar-refractivity contribution is 6.46. The zero-order chi connectivity index (χ0) is 26.8. The number of carbonyl (C=O) groups is 3. The van der Waals surface area contributed by atoms with Gasteiger partial charge in [-0.2, -0.15) is 0 Å². The minimum absolute atomic E-state index is 0.0465. The van der Waals surface area contributed by atoms with Gasteiger partial charge in [-0.1, -0.05) is 36.4 Å². The molecule has 1 fully saturated rings. The maximum atomic E-state index is 13.4. The zero-order valence-corrected chi connectivity index (χ0v) is 21.4. The molecule has 5 rings (SSSR count). The van der Waals surface area contributed by atoms with Crippen LogP contribution >= 0.6 is 0 Å². The third-order valence-electron chi connectivity index (χ3n) is 7.30. The molecule has 0 bridgehead atoms. The second-order valence-electron chi connectivity index (χ2n) is 9.58. The van der Waals surface area contributed by atoms with Crippen LogP contribution in [-0.4, -0.2) is 41.9 Å². The predicted octanol–water partition coefficient (Wildman–Crippen LogP) is 4.98. The average molecular weight is 512 g/mol. The van der Waals surface area contributed by atoms with Gasteiger partial charge in [-0.05, 0) is 78.3 Å². The number of hydrogen-bond donors (Lipinski definition) is 1. The van der Waals surface area contributed by atoms with Crippen LogP contribution in [0.5, 0.6) is 5.75 Å². The van der Waals surface area contributed by atoms with Crippen molar-refractivity contribution in [1.82, 2.24) is 4.90 Å². The number of aliphatic hydroxyl groups is 1. The molecule has 1 amide bonds. The molecule has 7 heteroatoms. The number of carbonyl (C=O) groups excluding carboxylic acids is 3. The number of aliphatic hydroxyl groups excluding tert-OH is 1. The summed E-state index contributed by atoms with van der Waals surface area (Å²) in [6.45, 7) is 0.106. The maximum Gasteiger partial charge on any atom is 0.337 e. The first-order valence-corrected chi connectivity index (χ1v) is 12.6. The Bertz CT molecular complexity index is 1440. The molecule has 1 heterocycles. The first-order valence-electron chi connectivity index (χ1n) is 12.6. The van der Waals surface area contributed by atoms with E-state index in [-0.39, 0.29) is 17.9 Å². The van der Waals surface area contributed by atoms with Crippen LogP contribution in [0, 0.1) is 0 Å². The van der Waals surface area contributed by atoms with E-state index in [4.69, 9.17) is 9.47 Å². The van der Waals surface area contributed by atoms with Gasteiger partial charge in [0.15, 0.2) is 0 Å². The van der Waals surface area contributed by atoms with Crippen LogP contribution < -0.4 is 4.74 Å². The Morgan fingerprint density at radius 1 is 0.921 bits per heavy atom. The number of benzene rings is 3. The minimum atomic E-state index is -0.818. The molecule has 0 radical (unpaired) electrons. The molecular formula is C31H29NO6. The number of hydrogen-bond acceptors (Lipinski definition) is 6. The fourth-order valence-electron chi connectivity index (χ4n) is 5.30. The topological polar surface area (TPSA) is 93.1 Å². The van der Waals surface area contributed by atoms with Crippen LogP contribution in [0.25, 0.3) is 5.76 Å². The van der Waals surface area contributed by atoms with Crippen molar-refractivity contribution in [2.45, 2.75) is 38.3 Å². The van der Waals surface area contributed by atoms with Crippen LogP contribution in [0.4, 0.5) is 0 Å². The van der Waals surface area contributed by atoms with E-state index >= 15 is 0 Å². The van der Waals surface area contributed by atoms with E-state index in [1.807, 2.05) is 24.3 Å². The molecule has 1 aliphatic carbocycles. The fraction of sp³-hybridized carbons (Fsp3) is 0.258. The molecule has 1 saturated heterocycles. The smallest absolute Gasteiger partial charge is 0.337 e. The SMILES string of the molecule is COC(=O)c1ccc(CN2C(=O)C(=O)/C(=C(\O)c3ccc4c(c3)CCCC4)C2c2cccc(OC)c2)cc1. The van der Waals surface area contributed by atoms with E-state index in [2.05, 4.69) is 0 Å². The van der Waals surface area contributed by atoms with Crippen molar-refractivity contribution >= 4 is 23.4 Å². The Morgan fingerprint density at radius 3 is 2.34 bits per heavy atom. The van der Waals surface area contributed by atoms with Gasteiger partial charge < -0.3 is 19.5 Å². The predicted molar refractivity (Wildman–Crippen MR) is 142 cm³/mol. The Balaban J connectivity index is 1.59. The van der Waals surface area contributed by atoms with Crippen LogP contribution in [-0.2, 0) is 33.7 Å². The molecule has 1 atom stereocenters. The summed E-state index contributed by atoms with van der Waals surface area (Å²) >= 11 is 0. The third kappa shape index (κ3) is 4.67. The number of fused-ring (bicyclic) bond motifs is 1. The van der Waals surface area contributed by atoms with Crippen LogP contribution in [0.15, 0.2) is 72.3 Å². The van der Waals surface area contributed by atoms with E-state index < -0.39 is 23.7 Å². The van der Waals surface area contributed by atoms with Crippen LogP contribution in [0.3, 0.4) is 0 Å². The first-order chi connectivity index (χ1) is 18.4. The molecule has 0 saturated carbocycles. The Morgan fingerprint density at radius 2 is 1.63 bits per heavy atom. The number of methoxy groups -OCH3 is 2. The number of ketones is 1. The lowest BCUT2D eigenvalue weighted by Gasteiger charge is -2.26. The fourth-order valence-corrected chi connectivity index (χ4v) is 5.30. The molecule has 38 heavy (non-hydrogen) atoms. The van der Waals surface area contributed by atoms with E-state index in [1.165, 1.54) is 17.6 Å². The van der Waals surface area contributed by atoms with Crippen LogP contribution in [0.1, 0.15) is 57.1 Å². The second-order valence-corrected chi connectivity index (χ2v) is 9.58. The number of amides is 1. The highest BCUT2D eigenvalue weighted by Gasteiger charge is 2.46. The molecule has 1 unspecified atom stereocenters. The normalized spacial score (nSPS) is 18.3. The maximum absolute atomic E-state index is 13.4. The van der Waals surface area contributed by atoms with Gasteiger partial charge in [0.25, 0.3) is 11.7 Å². The summed E-state index contributed by atoms with van der Waals surface area (Å²) < 4.78 is 10.2. The van der Waals surface area contributed by atoms with Crippen molar-refractivity contribution in [2.75, 3.05) is 14.2 Å². The van der Waals surface area contributed by atoms with Crippen LogP contribution in [0.2, 0.25) is 0 Å². The number of rotatable bonds is 6. The van der Waals surface area contributed by atoms with Crippen molar-refractivity contribution in [3.63, 3.8) is 0 Å². The number of likely N-dealkylation sites (tertiary alicyclic amines) is 1. The van der Waals surface area contributed by atoms with Gasteiger partial charge in [0.05, 0.1) is 31.4 Å². The highest BCUT2D eigenvalue weighted by atomic mass is 16.5. The van der Waals surface area contributed by atoms with Gasteiger partial charge in [-0.3, -0.25) is 9.59 Å². The zero-order valence-electron chi connectivity index (χ0n) is 21.4. The molecule has 2 aliphatic rings. The van der Waals surface area contributed by atoms with Crippen molar-refractivity contribution in [1.29, 1.82) is 0 Å². The molecule has 1 aliphatic heterocycles.